The zero-order valence-electron chi connectivity index (χ0n) is 8.48. The standard InChI is InChI=1S/C6H16N2O6P2/c7-6(8,16(12,13)14)5(1-2-5)3-4-15(9,10)11/h1-4,7-8H2,(H2,9,10,11)(H2,12,13,14). The number of rotatable bonds is 5. The van der Waals surface area contributed by atoms with Gasteiger partial charge in [-0.2, -0.15) is 0 Å². The van der Waals surface area contributed by atoms with Gasteiger partial charge in [0.25, 0.3) is 0 Å². The van der Waals surface area contributed by atoms with Crippen LogP contribution in [-0.2, 0) is 9.13 Å². The molecule has 0 aromatic rings. The lowest BCUT2D eigenvalue weighted by Crippen LogP contribution is -2.56. The molecule has 0 aromatic heterocycles. The molecule has 16 heavy (non-hydrogen) atoms. The van der Waals surface area contributed by atoms with Crippen molar-refractivity contribution in [3.05, 3.63) is 0 Å². The van der Waals surface area contributed by atoms with E-state index in [2.05, 4.69) is 0 Å². The SMILES string of the molecule is NC(N)(C1(CCP(=O)(O)O)CC1)P(=O)(O)O. The van der Waals surface area contributed by atoms with Gasteiger partial charge in [-0.25, -0.2) is 0 Å². The van der Waals surface area contributed by atoms with E-state index in [0.29, 0.717) is 12.8 Å². The van der Waals surface area contributed by atoms with Gasteiger partial charge >= 0.3 is 15.2 Å². The predicted molar refractivity (Wildman–Crippen MR) is 56.3 cm³/mol. The summed E-state index contributed by atoms with van der Waals surface area (Å²) < 4.78 is 21.8. The van der Waals surface area contributed by atoms with E-state index in [4.69, 9.17) is 31.0 Å². The molecular weight excluding hydrogens is 258 g/mol. The summed E-state index contributed by atoms with van der Waals surface area (Å²) in [5, 5.41) is -2.21. The largest absolute Gasteiger partial charge is 0.360 e. The molecule has 0 bridgehead atoms. The summed E-state index contributed by atoms with van der Waals surface area (Å²) in [5.74, 6) is 0. The lowest BCUT2D eigenvalue weighted by molar-refractivity contribution is 0.250. The van der Waals surface area contributed by atoms with Gasteiger partial charge in [-0.05, 0) is 19.3 Å². The Labute approximate surface area is 92.3 Å². The molecule has 0 aromatic carbocycles. The van der Waals surface area contributed by atoms with Crippen LogP contribution in [0.15, 0.2) is 0 Å². The summed E-state index contributed by atoms with van der Waals surface area (Å²) in [6, 6.07) is 0. The van der Waals surface area contributed by atoms with E-state index < -0.39 is 32.2 Å². The minimum absolute atomic E-state index is 0.0879. The third-order valence-electron chi connectivity index (χ3n) is 3.07. The van der Waals surface area contributed by atoms with Crippen molar-refractivity contribution >= 4 is 15.2 Å². The molecule has 10 heteroatoms. The molecule has 0 heterocycles. The van der Waals surface area contributed by atoms with E-state index in [-0.39, 0.29) is 6.42 Å². The molecule has 0 amide bonds. The Bertz CT molecular complexity index is 367. The lowest BCUT2D eigenvalue weighted by atomic mass is 10.00. The Morgan fingerprint density at radius 2 is 1.56 bits per heavy atom. The molecule has 0 unspecified atom stereocenters. The van der Waals surface area contributed by atoms with Crippen molar-refractivity contribution in [2.75, 3.05) is 6.16 Å². The average Bonchev–Trinajstić information content (AvgIpc) is 2.77. The molecular formula is C6H16N2O6P2. The number of hydrogen-bond donors (Lipinski definition) is 6. The van der Waals surface area contributed by atoms with Crippen LogP contribution in [0.5, 0.6) is 0 Å². The van der Waals surface area contributed by atoms with Crippen LogP contribution in [0.3, 0.4) is 0 Å². The fourth-order valence-corrected chi connectivity index (χ4v) is 3.34. The maximum atomic E-state index is 11.1. The molecule has 0 saturated heterocycles. The summed E-state index contributed by atoms with van der Waals surface area (Å²) in [7, 11) is -8.92. The van der Waals surface area contributed by atoms with Gasteiger partial charge < -0.3 is 31.0 Å². The van der Waals surface area contributed by atoms with Crippen LogP contribution in [0.25, 0.3) is 0 Å². The van der Waals surface area contributed by atoms with Gasteiger partial charge in [-0.15, -0.1) is 0 Å². The molecule has 8 nitrogen and oxygen atoms in total. The van der Waals surface area contributed by atoms with Gasteiger partial charge in [0.05, 0.1) is 6.16 Å². The van der Waals surface area contributed by atoms with Gasteiger partial charge in [-0.3, -0.25) is 9.13 Å². The third kappa shape index (κ3) is 2.72. The van der Waals surface area contributed by atoms with Gasteiger partial charge in [0.2, 0.25) is 0 Å². The molecule has 1 aliphatic rings. The first kappa shape index (κ1) is 14.3. The summed E-state index contributed by atoms with van der Waals surface area (Å²) in [5.41, 5.74) is 9.79. The average molecular weight is 274 g/mol. The lowest BCUT2D eigenvalue weighted by Gasteiger charge is -2.34. The second-order valence-electron chi connectivity index (χ2n) is 4.29. The van der Waals surface area contributed by atoms with E-state index in [1.54, 1.807) is 0 Å². The van der Waals surface area contributed by atoms with Crippen LogP contribution in [0.1, 0.15) is 19.3 Å². The Hall–Kier alpha value is 0.220. The maximum absolute atomic E-state index is 11.1. The zero-order valence-corrected chi connectivity index (χ0v) is 10.3. The van der Waals surface area contributed by atoms with E-state index in [9.17, 15) is 9.13 Å². The van der Waals surface area contributed by atoms with Crippen LogP contribution < -0.4 is 11.5 Å². The topological polar surface area (TPSA) is 167 Å². The van der Waals surface area contributed by atoms with E-state index in [1.807, 2.05) is 0 Å². The molecule has 96 valence electrons. The molecule has 1 fully saturated rings. The summed E-state index contributed by atoms with van der Waals surface area (Å²) >= 11 is 0. The van der Waals surface area contributed by atoms with Crippen molar-refractivity contribution in [1.82, 2.24) is 0 Å². The normalized spacial score (nSPS) is 20.9. The fraction of sp³-hybridized carbons (Fsp3) is 1.00. The zero-order chi connectivity index (χ0) is 12.8. The Balaban J connectivity index is 2.80. The van der Waals surface area contributed by atoms with Gasteiger partial charge in [0.1, 0.15) is 0 Å². The monoisotopic (exact) mass is 274 g/mol. The number of nitrogens with two attached hydrogens (primary N) is 2. The summed E-state index contributed by atoms with van der Waals surface area (Å²) in [6.45, 7) is 0. The second-order valence-corrected chi connectivity index (χ2v) is 7.89. The van der Waals surface area contributed by atoms with Crippen molar-refractivity contribution in [1.29, 1.82) is 0 Å². The summed E-state index contributed by atoms with van der Waals surface area (Å²) in [4.78, 5) is 35.5. The van der Waals surface area contributed by atoms with Gasteiger partial charge in [0, 0.05) is 5.41 Å². The minimum atomic E-state index is -4.71. The molecule has 1 saturated carbocycles. The first-order valence-corrected chi connectivity index (χ1v) is 8.00. The van der Waals surface area contributed by atoms with Crippen molar-refractivity contribution in [2.24, 2.45) is 16.9 Å². The Morgan fingerprint density at radius 1 is 1.12 bits per heavy atom. The van der Waals surface area contributed by atoms with E-state index in [0.717, 1.165) is 0 Å². The molecule has 0 spiro atoms. The first-order chi connectivity index (χ1) is 6.91. The third-order valence-corrected chi connectivity index (χ3v) is 5.31. The highest BCUT2D eigenvalue weighted by molar-refractivity contribution is 7.53. The Morgan fingerprint density at radius 3 is 1.81 bits per heavy atom. The number of hydrogen-bond acceptors (Lipinski definition) is 4. The van der Waals surface area contributed by atoms with Gasteiger partial charge in [0.15, 0.2) is 5.40 Å². The second kappa shape index (κ2) is 3.86. The van der Waals surface area contributed by atoms with E-state index in [1.165, 1.54) is 0 Å². The highest BCUT2D eigenvalue weighted by Crippen LogP contribution is 2.66. The maximum Gasteiger partial charge on any atom is 0.360 e. The van der Waals surface area contributed by atoms with Crippen LogP contribution in [0, 0.1) is 5.41 Å². The predicted octanol–water partition coefficient (Wildman–Crippen LogP) is -0.917. The first-order valence-electron chi connectivity index (χ1n) is 4.59. The molecule has 0 atom stereocenters. The molecule has 0 aliphatic heterocycles. The molecule has 1 rings (SSSR count). The fourth-order valence-electron chi connectivity index (χ4n) is 1.67. The minimum Gasteiger partial charge on any atom is -0.324 e. The van der Waals surface area contributed by atoms with Crippen LogP contribution in [-0.4, -0.2) is 31.1 Å². The highest BCUT2D eigenvalue weighted by atomic mass is 31.2. The van der Waals surface area contributed by atoms with E-state index >= 15 is 0 Å². The van der Waals surface area contributed by atoms with Crippen LogP contribution >= 0.6 is 15.2 Å². The van der Waals surface area contributed by atoms with Crippen molar-refractivity contribution in [3.8, 4) is 0 Å². The molecule has 1 aliphatic carbocycles. The van der Waals surface area contributed by atoms with Crippen LogP contribution in [0.4, 0.5) is 0 Å². The van der Waals surface area contributed by atoms with Crippen molar-refractivity contribution in [3.63, 3.8) is 0 Å². The van der Waals surface area contributed by atoms with Crippen molar-refractivity contribution < 1.29 is 28.7 Å². The highest BCUT2D eigenvalue weighted by Gasteiger charge is 2.63. The molecule has 8 N–H and O–H groups in total. The van der Waals surface area contributed by atoms with Gasteiger partial charge in [-0.1, -0.05) is 0 Å². The Kier molecular flexibility index (Phi) is 3.45. The molecule has 0 radical (unpaired) electrons. The van der Waals surface area contributed by atoms with Crippen molar-refractivity contribution in [2.45, 2.75) is 24.7 Å². The van der Waals surface area contributed by atoms with Crippen LogP contribution in [0.2, 0.25) is 0 Å². The smallest absolute Gasteiger partial charge is 0.324 e. The quantitative estimate of drug-likeness (QED) is 0.276. The summed E-state index contributed by atoms with van der Waals surface area (Å²) in [6.07, 6.45) is 0.175.